The van der Waals surface area contributed by atoms with Crippen LogP contribution in [0.1, 0.15) is 33.6 Å². The van der Waals surface area contributed by atoms with E-state index in [1.165, 1.54) is 0 Å². The van der Waals surface area contributed by atoms with Gasteiger partial charge in [-0.25, -0.2) is 0 Å². The molecule has 0 radical (unpaired) electrons. The Kier molecular flexibility index (Phi) is 1.91. The average molecular weight is 152 g/mol. The highest BCUT2D eigenvalue weighted by Crippen LogP contribution is 2.44. The van der Waals surface area contributed by atoms with Gasteiger partial charge in [0.05, 0.1) is 0 Å². The highest BCUT2D eigenvalue weighted by atomic mass is 16.1. The van der Waals surface area contributed by atoms with Crippen molar-refractivity contribution in [1.29, 1.82) is 0 Å². The Morgan fingerprint density at radius 2 is 2.18 bits per heavy atom. The zero-order valence-electron chi connectivity index (χ0n) is 7.61. The summed E-state index contributed by atoms with van der Waals surface area (Å²) >= 11 is 0. The summed E-state index contributed by atoms with van der Waals surface area (Å²) in [7, 11) is 0. The molecular formula is C10H16O. The van der Waals surface area contributed by atoms with Crippen molar-refractivity contribution in [3.63, 3.8) is 0 Å². The number of rotatable bonds is 1. The first-order valence-corrected chi connectivity index (χ1v) is 4.10. The largest absolute Gasteiger partial charge is 0.299 e. The fourth-order valence-corrected chi connectivity index (χ4v) is 1.94. The summed E-state index contributed by atoms with van der Waals surface area (Å²) in [6.07, 6.45) is 2.00. The quantitative estimate of drug-likeness (QED) is 0.528. The number of carbonyl (C=O) groups is 1. The maximum Gasteiger partial charge on any atom is 0.136 e. The van der Waals surface area contributed by atoms with Gasteiger partial charge in [0.2, 0.25) is 0 Å². The van der Waals surface area contributed by atoms with Crippen LogP contribution in [0.15, 0.2) is 12.2 Å². The molecule has 1 saturated carbocycles. The Hall–Kier alpha value is -0.590. The van der Waals surface area contributed by atoms with Crippen LogP contribution in [0, 0.1) is 11.3 Å². The third-order valence-corrected chi connectivity index (χ3v) is 2.45. The van der Waals surface area contributed by atoms with Crippen LogP contribution >= 0.6 is 0 Å². The summed E-state index contributed by atoms with van der Waals surface area (Å²) < 4.78 is 0. The Bertz CT molecular complexity index is 201. The van der Waals surface area contributed by atoms with E-state index in [0.29, 0.717) is 5.41 Å². The molecule has 0 heterocycles. The zero-order valence-corrected chi connectivity index (χ0v) is 7.61. The normalized spacial score (nSPS) is 29.0. The Morgan fingerprint density at radius 3 is 2.36 bits per heavy atom. The second kappa shape index (κ2) is 2.47. The molecule has 1 aliphatic carbocycles. The lowest BCUT2D eigenvalue weighted by molar-refractivity contribution is -0.119. The molecule has 0 aromatic heterocycles. The molecule has 0 amide bonds. The molecular weight excluding hydrogens is 136 g/mol. The second-order valence-corrected chi connectivity index (χ2v) is 4.37. The van der Waals surface area contributed by atoms with Crippen LogP contribution in [0.4, 0.5) is 0 Å². The minimum Gasteiger partial charge on any atom is -0.299 e. The number of allylic oxidation sites excluding steroid dienone is 1. The van der Waals surface area contributed by atoms with E-state index >= 15 is 0 Å². The molecule has 1 fully saturated rings. The number of carbonyl (C=O) groups excluding carboxylic acids is 1. The molecule has 0 aliphatic heterocycles. The molecule has 62 valence electrons. The summed E-state index contributed by atoms with van der Waals surface area (Å²) in [6, 6.07) is 0. The molecule has 0 N–H and O–H groups in total. The highest BCUT2D eigenvalue weighted by molar-refractivity contribution is 5.81. The van der Waals surface area contributed by atoms with Gasteiger partial charge in [-0.3, -0.25) is 4.79 Å². The minimum atomic E-state index is 0.144. The first kappa shape index (κ1) is 8.51. The predicted molar refractivity (Wildman–Crippen MR) is 46.3 cm³/mol. The summed E-state index contributed by atoms with van der Waals surface area (Å²) in [5.74, 6) is 0.422. The first-order valence-electron chi connectivity index (χ1n) is 4.10. The molecule has 1 rings (SSSR count). The first-order chi connectivity index (χ1) is 4.92. The minimum absolute atomic E-state index is 0.144. The van der Waals surface area contributed by atoms with Gasteiger partial charge in [0.1, 0.15) is 5.78 Å². The molecule has 1 unspecified atom stereocenters. The lowest BCUT2D eigenvalue weighted by atomic mass is 9.90. The Balaban J connectivity index is 2.74. The van der Waals surface area contributed by atoms with Gasteiger partial charge in [-0.2, -0.15) is 0 Å². The van der Waals surface area contributed by atoms with Crippen LogP contribution in [-0.4, -0.2) is 5.78 Å². The smallest absolute Gasteiger partial charge is 0.136 e. The molecule has 0 aromatic rings. The Morgan fingerprint density at radius 1 is 1.64 bits per heavy atom. The van der Waals surface area contributed by atoms with E-state index in [9.17, 15) is 4.79 Å². The predicted octanol–water partition coefficient (Wildman–Crippen LogP) is 2.57. The van der Waals surface area contributed by atoms with Crippen molar-refractivity contribution >= 4 is 5.78 Å². The third kappa shape index (κ3) is 1.70. The molecule has 0 spiro atoms. The number of hydrogen-bond acceptors (Lipinski definition) is 1. The van der Waals surface area contributed by atoms with Crippen molar-refractivity contribution in [2.75, 3.05) is 0 Å². The summed E-state index contributed by atoms with van der Waals surface area (Å²) in [6.45, 7) is 9.99. The van der Waals surface area contributed by atoms with E-state index < -0.39 is 0 Å². The van der Waals surface area contributed by atoms with Crippen molar-refractivity contribution in [2.45, 2.75) is 33.6 Å². The average Bonchev–Trinajstić information content (AvgIpc) is 2.05. The van der Waals surface area contributed by atoms with Gasteiger partial charge in [0, 0.05) is 5.92 Å². The lowest BCUT2D eigenvalue weighted by Crippen LogP contribution is -2.10. The number of Topliss-reactive ketones (excluding diaryl/α,β-unsaturated/α-hetero) is 1. The number of hydrogen-bond donors (Lipinski definition) is 0. The summed E-state index contributed by atoms with van der Waals surface area (Å²) in [4.78, 5) is 11.1. The SMILES string of the molecule is C=C1CC(C)(C)CC1C(C)=O. The molecule has 1 heteroatoms. The molecule has 0 saturated heterocycles. The standard InChI is InChI=1S/C10H16O/c1-7-5-10(3,4)6-9(7)8(2)11/h9H,1,5-6H2,2-4H3. The van der Waals surface area contributed by atoms with E-state index in [2.05, 4.69) is 20.4 Å². The van der Waals surface area contributed by atoms with Crippen molar-refractivity contribution in [3.8, 4) is 0 Å². The van der Waals surface area contributed by atoms with Gasteiger partial charge in [0.25, 0.3) is 0 Å². The molecule has 1 atom stereocenters. The van der Waals surface area contributed by atoms with Crippen molar-refractivity contribution < 1.29 is 4.79 Å². The summed E-state index contributed by atoms with van der Waals surface area (Å²) in [5.41, 5.74) is 1.43. The lowest BCUT2D eigenvalue weighted by Gasteiger charge is -2.15. The van der Waals surface area contributed by atoms with Crippen molar-refractivity contribution in [3.05, 3.63) is 12.2 Å². The fourth-order valence-electron chi connectivity index (χ4n) is 1.94. The third-order valence-electron chi connectivity index (χ3n) is 2.45. The van der Waals surface area contributed by atoms with Crippen LogP contribution in [0.5, 0.6) is 0 Å². The van der Waals surface area contributed by atoms with E-state index in [1.54, 1.807) is 6.92 Å². The van der Waals surface area contributed by atoms with E-state index in [4.69, 9.17) is 0 Å². The van der Waals surface area contributed by atoms with Gasteiger partial charge in [-0.05, 0) is 25.2 Å². The number of ketones is 1. The maximum absolute atomic E-state index is 11.1. The maximum atomic E-state index is 11.1. The van der Waals surface area contributed by atoms with Crippen molar-refractivity contribution in [1.82, 2.24) is 0 Å². The van der Waals surface area contributed by atoms with Crippen LogP contribution in [0.3, 0.4) is 0 Å². The van der Waals surface area contributed by atoms with Crippen LogP contribution < -0.4 is 0 Å². The van der Waals surface area contributed by atoms with Crippen LogP contribution in [0.2, 0.25) is 0 Å². The van der Waals surface area contributed by atoms with Gasteiger partial charge < -0.3 is 0 Å². The summed E-state index contributed by atoms with van der Waals surface area (Å²) in [5, 5.41) is 0. The topological polar surface area (TPSA) is 17.1 Å². The van der Waals surface area contributed by atoms with Crippen molar-refractivity contribution in [2.24, 2.45) is 11.3 Å². The highest BCUT2D eigenvalue weighted by Gasteiger charge is 2.35. The Labute approximate surface area is 68.5 Å². The molecule has 11 heavy (non-hydrogen) atoms. The van der Waals surface area contributed by atoms with Gasteiger partial charge in [-0.1, -0.05) is 26.0 Å². The monoisotopic (exact) mass is 152 g/mol. The molecule has 1 aliphatic rings. The van der Waals surface area contributed by atoms with Gasteiger partial charge >= 0.3 is 0 Å². The zero-order chi connectivity index (χ0) is 8.65. The van der Waals surface area contributed by atoms with Gasteiger partial charge in [-0.15, -0.1) is 0 Å². The van der Waals surface area contributed by atoms with E-state index in [1.807, 2.05) is 0 Å². The molecule has 0 aromatic carbocycles. The van der Waals surface area contributed by atoms with Gasteiger partial charge in [0.15, 0.2) is 0 Å². The van der Waals surface area contributed by atoms with E-state index in [-0.39, 0.29) is 11.7 Å². The second-order valence-electron chi connectivity index (χ2n) is 4.37. The fraction of sp³-hybridized carbons (Fsp3) is 0.700. The van der Waals surface area contributed by atoms with Crippen LogP contribution in [-0.2, 0) is 4.79 Å². The molecule has 1 nitrogen and oxygen atoms in total. The van der Waals surface area contributed by atoms with E-state index in [0.717, 1.165) is 18.4 Å². The van der Waals surface area contributed by atoms with Crippen LogP contribution in [0.25, 0.3) is 0 Å². The molecule has 0 bridgehead atoms.